The highest BCUT2D eigenvalue weighted by atomic mass is 16.5. The van der Waals surface area contributed by atoms with Crippen molar-refractivity contribution in [1.29, 1.82) is 0 Å². The summed E-state index contributed by atoms with van der Waals surface area (Å²) in [6.07, 6.45) is 1.77. The van der Waals surface area contributed by atoms with Gasteiger partial charge in [-0.05, 0) is 12.1 Å². The molecule has 2 unspecified atom stereocenters. The van der Waals surface area contributed by atoms with Gasteiger partial charge in [-0.25, -0.2) is 4.98 Å². The van der Waals surface area contributed by atoms with Crippen LogP contribution in [0.3, 0.4) is 0 Å². The van der Waals surface area contributed by atoms with E-state index in [1.165, 1.54) is 0 Å². The van der Waals surface area contributed by atoms with Crippen molar-refractivity contribution in [2.24, 2.45) is 0 Å². The first-order valence-corrected chi connectivity index (χ1v) is 6.55. The molecular formula is C13H18N4O2. The van der Waals surface area contributed by atoms with E-state index in [1.54, 1.807) is 19.3 Å². The molecule has 0 spiro atoms. The first kappa shape index (κ1) is 12.4. The lowest BCUT2D eigenvalue weighted by molar-refractivity contribution is 0.0958. The summed E-state index contributed by atoms with van der Waals surface area (Å²) in [5.41, 5.74) is 1.50. The Morgan fingerprint density at radius 1 is 1.53 bits per heavy atom. The third kappa shape index (κ3) is 2.29. The zero-order chi connectivity index (χ0) is 13.2. The van der Waals surface area contributed by atoms with E-state index in [0.717, 1.165) is 32.0 Å². The molecule has 6 nitrogen and oxygen atoms in total. The number of pyridine rings is 1. The Hall–Kier alpha value is -1.66. The number of carbonyl (C=O) groups is 1. The normalized spacial score (nSPS) is 26.1. The zero-order valence-corrected chi connectivity index (χ0v) is 10.9. The van der Waals surface area contributed by atoms with Crippen molar-refractivity contribution >= 4 is 11.6 Å². The maximum Gasteiger partial charge on any atom is 0.269 e. The average molecular weight is 262 g/mol. The third-order valence-electron chi connectivity index (χ3n) is 3.75. The van der Waals surface area contributed by atoms with Crippen molar-refractivity contribution in [1.82, 2.24) is 15.6 Å². The summed E-state index contributed by atoms with van der Waals surface area (Å²) in [6.45, 7) is 3.40. The Kier molecular flexibility index (Phi) is 3.35. The van der Waals surface area contributed by atoms with Crippen LogP contribution < -0.4 is 15.5 Å². The highest BCUT2D eigenvalue weighted by Crippen LogP contribution is 2.23. The van der Waals surface area contributed by atoms with Crippen molar-refractivity contribution in [2.45, 2.75) is 12.1 Å². The summed E-state index contributed by atoms with van der Waals surface area (Å²) in [7, 11) is 1.61. The molecule has 3 rings (SSSR count). The monoisotopic (exact) mass is 262 g/mol. The second kappa shape index (κ2) is 5.14. The fourth-order valence-electron chi connectivity index (χ4n) is 2.72. The van der Waals surface area contributed by atoms with Gasteiger partial charge in [0.15, 0.2) is 0 Å². The summed E-state index contributed by atoms with van der Waals surface area (Å²) in [4.78, 5) is 18.0. The number of fused-ring (bicyclic) bond motifs is 1. The van der Waals surface area contributed by atoms with Crippen molar-refractivity contribution in [2.75, 3.05) is 38.3 Å². The maximum absolute atomic E-state index is 11.5. The Morgan fingerprint density at radius 2 is 2.42 bits per heavy atom. The summed E-state index contributed by atoms with van der Waals surface area (Å²) < 4.78 is 5.53. The minimum Gasteiger partial charge on any atom is -0.378 e. The van der Waals surface area contributed by atoms with E-state index in [4.69, 9.17) is 4.74 Å². The number of rotatable bonds is 2. The van der Waals surface area contributed by atoms with E-state index in [9.17, 15) is 4.79 Å². The number of hydrogen-bond acceptors (Lipinski definition) is 5. The number of ether oxygens (including phenoxy) is 1. The number of amides is 1. The van der Waals surface area contributed by atoms with Crippen LogP contribution in [0.1, 0.15) is 10.5 Å². The molecule has 2 aliphatic heterocycles. The molecule has 1 aromatic heterocycles. The number of piperazine rings is 1. The molecule has 2 atom stereocenters. The first-order valence-electron chi connectivity index (χ1n) is 6.55. The van der Waals surface area contributed by atoms with Crippen molar-refractivity contribution in [3.63, 3.8) is 0 Å². The van der Waals surface area contributed by atoms with Crippen LogP contribution >= 0.6 is 0 Å². The number of nitrogens with zero attached hydrogens (tertiary/aromatic N) is 2. The van der Waals surface area contributed by atoms with Gasteiger partial charge in [-0.15, -0.1) is 0 Å². The van der Waals surface area contributed by atoms with Gasteiger partial charge in [0.2, 0.25) is 0 Å². The fraction of sp³-hybridized carbons (Fsp3) is 0.538. The highest BCUT2D eigenvalue weighted by Gasteiger charge is 2.36. The lowest BCUT2D eigenvalue weighted by Gasteiger charge is -2.38. The molecule has 2 saturated heterocycles. The molecule has 2 aliphatic rings. The predicted molar refractivity (Wildman–Crippen MR) is 71.4 cm³/mol. The molecule has 102 valence electrons. The molecule has 0 aliphatic carbocycles. The van der Waals surface area contributed by atoms with E-state index < -0.39 is 0 Å². The predicted octanol–water partition coefficient (Wildman–Crippen LogP) is -0.382. The molecule has 0 saturated carbocycles. The van der Waals surface area contributed by atoms with Gasteiger partial charge in [0, 0.05) is 20.1 Å². The van der Waals surface area contributed by atoms with E-state index >= 15 is 0 Å². The molecule has 2 N–H and O–H groups in total. The molecule has 0 radical (unpaired) electrons. The molecule has 3 heterocycles. The molecule has 1 amide bonds. The number of hydrogen-bond donors (Lipinski definition) is 2. The van der Waals surface area contributed by atoms with Gasteiger partial charge in [-0.2, -0.15) is 0 Å². The van der Waals surface area contributed by atoms with Crippen molar-refractivity contribution < 1.29 is 9.53 Å². The van der Waals surface area contributed by atoms with Gasteiger partial charge < -0.3 is 20.3 Å². The molecule has 0 aromatic carbocycles. The standard InChI is InChI=1S/C13H18N4O2/c1-14-13(18)10-3-2-9(6-16-10)17-5-4-15-11-7-19-8-12(11)17/h2-3,6,11-12,15H,4-5,7-8H2,1H3,(H,14,18). The molecule has 0 bridgehead atoms. The molecule has 19 heavy (non-hydrogen) atoms. The van der Waals surface area contributed by atoms with Crippen molar-refractivity contribution in [3.05, 3.63) is 24.0 Å². The Bertz CT molecular complexity index is 462. The van der Waals surface area contributed by atoms with E-state index in [1.807, 2.05) is 6.07 Å². The van der Waals surface area contributed by atoms with Crippen LogP contribution in [0, 0.1) is 0 Å². The molecular weight excluding hydrogens is 244 g/mol. The Balaban J connectivity index is 1.79. The highest BCUT2D eigenvalue weighted by molar-refractivity contribution is 5.92. The number of nitrogens with one attached hydrogen (secondary N) is 2. The average Bonchev–Trinajstić information content (AvgIpc) is 2.95. The van der Waals surface area contributed by atoms with E-state index in [0.29, 0.717) is 17.8 Å². The first-order chi connectivity index (χ1) is 9.29. The van der Waals surface area contributed by atoms with Gasteiger partial charge in [0.25, 0.3) is 5.91 Å². The van der Waals surface area contributed by atoms with Crippen LogP contribution in [-0.4, -0.2) is 56.3 Å². The van der Waals surface area contributed by atoms with E-state index in [-0.39, 0.29) is 5.91 Å². The topological polar surface area (TPSA) is 66.5 Å². The van der Waals surface area contributed by atoms with Crippen LogP contribution in [0.15, 0.2) is 18.3 Å². The minimum atomic E-state index is -0.158. The summed E-state index contributed by atoms with van der Waals surface area (Å²) in [5.74, 6) is -0.158. The lowest BCUT2D eigenvalue weighted by Crippen LogP contribution is -2.57. The summed E-state index contributed by atoms with van der Waals surface area (Å²) in [5, 5.41) is 6.04. The summed E-state index contributed by atoms with van der Waals surface area (Å²) in [6, 6.07) is 4.48. The number of aromatic nitrogens is 1. The fourth-order valence-corrected chi connectivity index (χ4v) is 2.72. The van der Waals surface area contributed by atoms with Crippen LogP contribution in [0.2, 0.25) is 0 Å². The van der Waals surface area contributed by atoms with Crippen LogP contribution in [-0.2, 0) is 4.74 Å². The number of carbonyl (C=O) groups excluding carboxylic acids is 1. The van der Waals surface area contributed by atoms with Gasteiger partial charge in [-0.1, -0.05) is 0 Å². The smallest absolute Gasteiger partial charge is 0.269 e. The second-order valence-corrected chi connectivity index (χ2v) is 4.84. The third-order valence-corrected chi connectivity index (χ3v) is 3.75. The second-order valence-electron chi connectivity index (χ2n) is 4.84. The van der Waals surface area contributed by atoms with Gasteiger partial charge in [-0.3, -0.25) is 4.79 Å². The minimum absolute atomic E-state index is 0.158. The van der Waals surface area contributed by atoms with Gasteiger partial charge in [0.1, 0.15) is 5.69 Å². The lowest BCUT2D eigenvalue weighted by atomic mass is 10.1. The molecule has 1 aromatic rings. The molecule has 2 fully saturated rings. The van der Waals surface area contributed by atoms with Gasteiger partial charge in [0.05, 0.1) is 37.2 Å². The van der Waals surface area contributed by atoms with Crippen molar-refractivity contribution in [3.8, 4) is 0 Å². The Morgan fingerprint density at radius 3 is 3.16 bits per heavy atom. The van der Waals surface area contributed by atoms with Crippen LogP contribution in [0.25, 0.3) is 0 Å². The zero-order valence-electron chi connectivity index (χ0n) is 10.9. The van der Waals surface area contributed by atoms with Crippen LogP contribution in [0.4, 0.5) is 5.69 Å². The number of anilines is 1. The SMILES string of the molecule is CNC(=O)c1ccc(N2CCNC3COCC32)cn1. The van der Waals surface area contributed by atoms with E-state index in [2.05, 4.69) is 20.5 Å². The Labute approximate surface area is 112 Å². The van der Waals surface area contributed by atoms with Gasteiger partial charge >= 0.3 is 0 Å². The summed E-state index contributed by atoms with van der Waals surface area (Å²) >= 11 is 0. The van der Waals surface area contributed by atoms with Crippen LogP contribution in [0.5, 0.6) is 0 Å². The maximum atomic E-state index is 11.5. The largest absolute Gasteiger partial charge is 0.378 e. The molecule has 6 heteroatoms. The quantitative estimate of drug-likeness (QED) is 0.760.